The van der Waals surface area contributed by atoms with Gasteiger partial charge in [-0.3, -0.25) is 10.1 Å². The van der Waals surface area contributed by atoms with Gasteiger partial charge >= 0.3 is 6.09 Å². The maximum Gasteiger partial charge on any atom is 0.407 e. The van der Waals surface area contributed by atoms with Gasteiger partial charge in [-0.25, -0.2) is 19.2 Å². The van der Waals surface area contributed by atoms with Crippen LogP contribution in [0.1, 0.15) is 51.4 Å². The van der Waals surface area contributed by atoms with Crippen molar-refractivity contribution in [2.75, 3.05) is 5.32 Å². The van der Waals surface area contributed by atoms with Crippen molar-refractivity contribution in [2.45, 2.75) is 64.7 Å². The average molecular weight is 495 g/mol. The minimum absolute atomic E-state index is 0.104. The molecule has 11 nitrogen and oxygen atoms in total. The number of aryl methyl sites for hydroxylation is 1. The molecular weight excluding hydrogens is 467 g/mol. The summed E-state index contributed by atoms with van der Waals surface area (Å²) in [6, 6.07) is 3.41. The van der Waals surface area contributed by atoms with Gasteiger partial charge in [0.15, 0.2) is 17.3 Å². The number of carbonyl (C=O) groups excluding carboxylic acids is 1. The fourth-order valence-electron chi connectivity index (χ4n) is 3.83. The van der Waals surface area contributed by atoms with Crippen LogP contribution in [-0.4, -0.2) is 49.0 Å². The van der Waals surface area contributed by atoms with Gasteiger partial charge in [-0.2, -0.15) is 10.4 Å². The number of hydrogen-bond donors (Lipinski definition) is 3. The Balaban J connectivity index is 1.47. The molecule has 3 heterocycles. The summed E-state index contributed by atoms with van der Waals surface area (Å²) < 4.78 is 26.7. The van der Waals surface area contributed by atoms with E-state index >= 15 is 4.39 Å². The first-order valence-electron chi connectivity index (χ1n) is 11.5. The molecule has 0 aromatic carbocycles. The minimum atomic E-state index is -0.580. The van der Waals surface area contributed by atoms with Crippen molar-refractivity contribution in [3.63, 3.8) is 0 Å². The number of pyridine rings is 1. The molecule has 0 bridgehead atoms. The Morgan fingerprint density at radius 2 is 2.00 bits per heavy atom. The van der Waals surface area contributed by atoms with E-state index in [1.807, 2.05) is 26.8 Å². The summed E-state index contributed by atoms with van der Waals surface area (Å²) in [5.74, 6) is 0.507. The zero-order chi connectivity index (χ0) is 25.9. The van der Waals surface area contributed by atoms with Crippen molar-refractivity contribution in [1.82, 2.24) is 30.5 Å². The van der Waals surface area contributed by atoms with Crippen LogP contribution >= 0.6 is 0 Å². The van der Waals surface area contributed by atoms with E-state index in [0.717, 1.165) is 0 Å². The summed E-state index contributed by atoms with van der Waals surface area (Å²) in [5.41, 5.74) is 0.421. The average Bonchev–Trinajstić information content (AvgIpc) is 3.45. The summed E-state index contributed by atoms with van der Waals surface area (Å²) in [6.07, 6.45) is 5.47. The molecule has 0 spiro atoms. The minimum Gasteiger partial charge on any atom is -0.488 e. The number of nitriles is 1. The Bertz CT molecular complexity index is 1280. The Labute approximate surface area is 207 Å². The van der Waals surface area contributed by atoms with Crippen molar-refractivity contribution in [2.24, 2.45) is 0 Å². The highest BCUT2D eigenvalue weighted by Crippen LogP contribution is 2.36. The number of rotatable bonds is 6. The first kappa shape index (κ1) is 24.8. The van der Waals surface area contributed by atoms with Crippen molar-refractivity contribution in [1.29, 1.82) is 5.26 Å². The zero-order valence-corrected chi connectivity index (χ0v) is 20.4. The molecule has 0 unspecified atom stereocenters. The number of alkyl carbamates (subject to hydrolysis) is 1. The predicted molar refractivity (Wildman–Crippen MR) is 128 cm³/mol. The Morgan fingerprint density at radius 3 is 2.69 bits per heavy atom. The second kappa shape index (κ2) is 10.2. The maximum absolute atomic E-state index is 15.2. The summed E-state index contributed by atoms with van der Waals surface area (Å²) in [4.78, 5) is 24.3. The molecule has 3 N–H and O–H groups in total. The molecule has 1 amide bonds. The van der Waals surface area contributed by atoms with E-state index in [1.54, 1.807) is 13.0 Å². The standard InChI is InChI=1S/C24H27FN8O3/c1-13-22(25)21(17-8-19(33-32-17)31-20-12-28-15(9-26)10-29-20)18(11-27-13)35-16-6-5-14(7-16)30-23(34)36-24(2,3)4/h8,10-12,14,16H,5-7H2,1-4H3,(H,30,34)(H2,29,31,32,33)/t14-,16+/m0/s1. The molecule has 0 saturated heterocycles. The summed E-state index contributed by atoms with van der Waals surface area (Å²) in [6.45, 7) is 6.99. The lowest BCUT2D eigenvalue weighted by Gasteiger charge is -2.22. The van der Waals surface area contributed by atoms with Crippen LogP contribution in [0, 0.1) is 24.1 Å². The van der Waals surface area contributed by atoms with E-state index in [1.165, 1.54) is 18.6 Å². The van der Waals surface area contributed by atoms with Gasteiger partial charge < -0.3 is 20.1 Å². The van der Waals surface area contributed by atoms with Gasteiger partial charge in [-0.05, 0) is 40.5 Å². The number of amides is 1. The van der Waals surface area contributed by atoms with Crippen LogP contribution in [0.4, 0.5) is 20.8 Å². The topological polar surface area (TPSA) is 151 Å². The van der Waals surface area contributed by atoms with Crippen LogP contribution in [0.25, 0.3) is 11.3 Å². The number of aromatic amines is 1. The Hall–Kier alpha value is -4.27. The van der Waals surface area contributed by atoms with E-state index in [-0.39, 0.29) is 34.8 Å². The van der Waals surface area contributed by atoms with Crippen LogP contribution < -0.4 is 15.4 Å². The molecule has 1 aliphatic rings. The molecule has 1 saturated carbocycles. The lowest BCUT2D eigenvalue weighted by Crippen LogP contribution is -2.38. The van der Waals surface area contributed by atoms with Gasteiger partial charge in [-0.1, -0.05) is 0 Å². The Kier molecular flexibility index (Phi) is 7.00. The van der Waals surface area contributed by atoms with Crippen LogP contribution in [0.3, 0.4) is 0 Å². The van der Waals surface area contributed by atoms with Crippen molar-refractivity contribution in [3.8, 4) is 23.1 Å². The van der Waals surface area contributed by atoms with Crippen molar-refractivity contribution < 1.29 is 18.7 Å². The quantitative estimate of drug-likeness (QED) is 0.459. The lowest BCUT2D eigenvalue weighted by molar-refractivity contribution is 0.0503. The third-order valence-corrected chi connectivity index (χ3v) is 5.43. The van der Waals surface area contributed by atoms with E-state index in [0.29, 0.717) is 36.6 Å². The number of aromatic nitrogens is 5. The van der Waals surface area contributed by atoms with Gasteiger partial charge in [0.2, 0.25) is 0 Å². The number of anilines is 2. The zero-order valence-electron chi connectivity index (χ0n) is 20.4. The number of ether oxygens (including phenoxy) is 2. The SMILES string of the molecule is Cc1ncc(O[C@@H]2CC[C@H](NC(=O)OC(C)(C)C)C2)c(-c2cc(Nc3cnc(C#N)cn3)n[nH]2)c1F. The van der Waals surface area contributed by atoms with E-state index < -0.39 is 17.5 Å². The number of H-pyrrole nitrogens is 1. The number of carbonyl (C=O) groups is 1. The highest BCUT2D eigenvalue weighted by molar-refractivity contribution is 5.71. The molecule has 0 radical (unpaired) electrons. The van der Waals surface area contributed by atoms with Crippen LogP contribution in [-0.2, 0) is 4.74 Å². The monoisotopic (exact) mass is 494 g/mol. The van der Waals surface area contributed by atoms with E-state index in [4.69, 9.17) is 14.7 Å². The highest BCUT2D eigenvalue weighted by atomic mass is 19.1. The van der Waals surface area contributed by atoms with E-state index in [9.17, 15) is 4.79 Å². The van der Waals surface area contributed by atoms with Gasteiger partial charge in [-0.15, -0.1) is 0 Å². The summed E-state index contributed by atoms with van der Waals surface area (Å²) >= 11 is 0. The molecule has 0 aliphatic heterocycles. The lowest BCUT2D eigenvalue weighted by atomic mass is 10.1. The number of halogens is 1. The number of hydrogen-bond acceptors (Lipinski definition) is 9. The fraction of sp³-hybridized carbons (Fsp3) is 0.417. The molecule has 3 aromatic rings. The fourth-order valence-corrected chi connectivity index (χ4v) is 3.83. The molecule has 4 rings (SSSR count). The molecular formula is C24H27FN8O3. The molecule has 1 fully saturated rings. The van der Waals surface area contributed by atoms with Crippen LogP contribution in [0.15, 0.2) is 24.7 Å². The molecule has 2 atom stereocenters. The van der Waals surface area contributed by atoms with Gasteiger partial charge in [0.1, 0.15) is 29.3 Å². The van der Waals surface area contributed by atoms with Gasteiger partial charge in [0, 0.05) is 18.5 Å². The second-order valence-electron chi connectivity index (χ2n) is 9.48. The van der Waals surface area contributed by atoms with Gasteiger partial charge in [0.25, 0.3) is 0 Å². The third kappa shape index (κ3) is 6.04. The number of nitrogens with zero attached hydrogens (tertiary/aromatic N) is 5. The third-order valence-electron chi connectivity index (χ3n) is 5.43. The van der Waals surface area contributed by atoms with Crippen molar-refractivity contribution in [3.05, 3.63) is 41.9 Å². The molecule has 36 heavy (non-hydrogen) atoms. The molecule has 12 heteroatoms. The number of nitrogens with one attached hydrogen (secondary N) is 3. The second-order valence-corrected chi connectivity index (χ2v) is 9.48. The predicted octanol–water partition coefficient (Wildman–Crippen LogP) is 4.15. The highest BCUT2D eigenvalue weighted by Gasteiger charge is 2.30. The molecule has 1 aliphatic carbocycles. The molecule has 188 valence electrons. The largest absolute Gasteiger partial charge is 0.488 e. The first-order valence-corrected chi connectivity index (χ1v) is 11.5. The van der Waals surface area contributed by atoms with Crippen molar-refractivity contribution >= 4 is 17.7 Å². The first-order chi connectivity index (χ1) is 17.1. The maximum atomic E-state index is 15.2. The van der Waals surface area contributed by atoms with Crippen LogP contribution in [0.5, 0.6) is 5.75 Å². The smallest absolute Gasteiger partial charge is 0.407 e. The molecule has 3 aromatic heterocycles. The Morgan fingerprint density at radius 1 is 1.19 bits per heavy atom. The summed E-state index contributed by atoms with van der Waals surface area (Å²) in [5, 5.41) is 21.7. The normalized spacial score (nSPS) is 17.3. The van der Waals surface area contributed by atoms with E-state index in [2.05, 4.69) is 35.8 Å². The summed E-state index contributed by atoms with van der Waals surface area (Å²) in [7, 11) is 0. The van der Waals surface area contributed by atoms with Crippen LogP contribution in [0.2, 0.25) is 0 Å². The van der Waals surface area contributed by atoms with Gasteiger partial charge in [0.05, 0.1) is 35.5 Å².